The van der Waals surface area contributed by atoms with E-state index in [9.17, 15) is 14.4 Å². The van der Waals surface area contributed by atoms with Crippen LogP contribution in [0.2, 0.25) is 0 Å². The van der Waals surface area contributed by atoms with E-state index in [0.717, 1.165) is 0 Å². The van der Waals surface area contributed by atoms with Gasteiger partial charge in [0, 0.05) is 24.2 Å². The van der Waals surface area contributed by atoms with Crippen molar-refractivity contribution in [1.29, 1.82) is 0 Å². The van der Waals surface area contributed by atoms with Crippen molar-refractivity contribution in [3.05, 3.63) is 71.8 Å². The SMILES string of the molecule is O=C(O)NC(=O)C1CNCC2C(=O)OC(c3ccccc3)(c3ccccc3)N12. The predicted molar refractivity (Wildman–Crippen MR) is 98.2 cm³/mol. The summed E-state index contributed by atoms with van der Waals surface area (Å²) in [6.07, 6.45) is -1.44. The first-order valence-corrected chi connectivity index (χ1v) is 8.91. The predicted octanol–water partition coefficient (Wildman–Crippen LogP) is 0.881. The molecule has 3 N–H and O–H groups in total. The molecule has 144 valence electrons. The summed E-state index contributed by atoms with van der Waals surface area (Å²) in [7, 11) is 0. The Morgan fingerprint density at radius 2 is 1.61 bits per heavy atom. The van der Waals surface area contributed by atoms with Crippen molar-refractivity contribution < 1.29 is 24.2 Å². The van der Waals surface area contributed by atoms with Gasteiger partial charge < -0.3 is 15.2 Å². The Hall–Kier alpha value is -3.23. The van der Waals surface area contributed by atoms with E-state index in [-0.39, 0.29) is 6.54 Å². The standard InChI is InChI=1S/C20H19N3O5/c24-17(22-19(26)27)15-11-21-12-16-18(25)28-20(23(15)16,13-7-3-1-4-8-13)14-9-5-2-6-10-14/h1-10,15-16,21H,11-12H2,(H,22,24)(H,26,27). The Kier molecular flexibility index (Phi) is 4.58. The number of nitrogens with one attached hydrogen (secondary N) is 2. The van der Waals surface area contributed by atoms with Gasteiger partial charge in [0.05, 0.1) is 0 Å². The molecule has 0 saturated carbocycles. The molecular weight excluding hydrogens is 362 g/mol. The number of benzene rings is 2. The van der Waals surface area contributed by atoms with Crippen LogP contribution >= 0.6 is 0 Å². The van der Waals surface area contributed by atoms with Crippen molar-refractivity contribution in [3.8, 4) is 0 Å². The summed E-state index contributed by atoms with van der Waals surface area (Å²) in [5.74, 6) is -1.17. The molecule has 2 unspecified atom stereocenters. The van der Waals surface area contributed by atoms with Crippen molar-refractivity contribution in [1.82, 2.24) is 15.5 Å². The monoisotopic (exact) mass is 381 g/mol. The zero-order valence-corrected chi connectivity index (χ0v) is 14.9. The van der Waals surface area contributed by atoms with Gasteiger partial charge in [-0.2, -0.15) is 0 Å². The molecule has 0 spiro atoms. The van der Waals surface area contributed by atoms with Crippen LogP contribution in [0.5, 0.6) is 0 Å². The molecular formula is C20H19N3O5. The second-order valence-electron chi connectivity index (χ2n) is 6.69. The van der Waals surface area contributed by atoms with Gasteiger partial charge in [0.25, 0.3) is 0 Å². The van der Waals surface area contributed by atoms with Gasteiger partial charge in [0.1, 0.15) is 12.1 Å². The number of carbonyl (C=O) groups is 3. The van der Waals surface area contributed by atoms with E-state index in [1.807, 2.05) is 66.0 Å². The molecule has 0 aliphatic carbocycles. The van der Waals surface area contributed by atoms with Crippen LogP contribution < -0.4 is 10.6 Å². The lowest BCUT2D eigenvalue weighted by molar-refractivity contribution is -0.153. The molecule has 2 aliphatic heterocycles. The van der Waals surface area contributed by atoms with Crippen molar-refractivity contribution in [2.24, 2.45) is 0 Å². The number of carboxylic acid groups (broad SMARTS) is 1. The minimum atomic E-state index is -1.44. The van der Waals surface area contributed by atoms with E-state index in [1.165, 1.54) is 0 Å². The lowest BCUT2D eigenvalue weighted by Crippen LogP contribution is -2.66. The summed E-state index contributed by atoms with van der Waals surface area (Å²) >= 11 is 0. The van der Waals surface area contributed by atoms with Crippen LogP contribution in [-0.2, 0) is 20.1 Å². The second-order valence-corrected chi connectivity index (χ2v) is 6.69. The Labute approximate surface area is 161 Å². The van der Waals surface area contributed by atoms with E-state index in [0.29, 0.717) is 17.7 Å². The van der Waals surface area contributed by atoms with Gasteiger partial charge >= 0.3 is 12.1 Å². The molecule has 2 aromatic carbocycles. The van der Waals surface area contributed by atoms with Crippen molar-refractivity contribution >= 4 is 18.0 Å². The molecule has 2 heterocycles. The molecule has 4 rings (SSSR count). The highest BCUT2D eigenvalue weighted by atomic mass is 16.6. The smallest absolute Gasteiger partial charge is 0.411 e. The Morgan fingerprint density at radius 3 is 2.14 bits per heavy atom. The maximum atomic E-state index is 12.8. The fourth-order valence-electron chi connectivity index (χ4n) is 3.99. The lowest BCUT2D eigenvalue weighted by Gasteiger charge is -2.44. The highest BCUT2D eigenvalue weighted by Crippen LogP contribution is 2.45. The minimum absolute atomic E-state index is 0.188. The molecule has 2 amide bonds. The number of cyclic esters (lactones) is 1. The Morgan fingerprint density at radius 1 is 1.04 bits per heavy atom. The van der Waals surface area contributed by atoms with Crippen LogP contribution in [0, 0.1) is 0 Å². The first kappa shape index (κ1) is 18.1. The molecule has 28 heavy (non-hydrogen) atoms. The minimum Gasteiger partial charge on any atom is -0.465 e. The molecule has 0 radical (unpaired) electrons. The third-order valence-corrected chi connectivity index (χ3v) is 5.09. The number of nitrogens with zero attached hydrogens (tertiary/aromatic N) is 1. The molecule has 0 aromatic heterocycles. The average molecular weight is 381 g/mol. The number of imide groups is 1. The fourth-order valence-corrected chi connectivity index (χ4v) is 3.99. The number of hydrogen-bond acceptors (Lipinski definition) is 6. The van der Waals surface area contributed by atoms with Crippen LogP contribution in [0.4, 0.5) is 4.79 Å². The summed E-state index contributed by atoms with van der Waals surface area (Å²) in [6, 6.07) is 16.7. The number of esters is 1. The van der Waals surface area contributed by atoms with E-state index >= 15 is 0 Å². The summed E-state index contributed by atoms with van der Waals surface area (Å²) < 4.78 is 5.97. The van der Waals surface area contributed by atoms with E-state index in [1.54, 1.807) is 4.90 Å². The van der Waals surface area contributed by atoms with Crippen molar-refractivity contribution in [2.45, 2.75) is 17.8 Å². The molecule has 2 fully saturated rings. The summed E-state index contributed by atoms with van der Waals surface area (Å²) in [5, 5.41) is 13.9. The molecule has 8 heteroatoms. The number of amides is 2. The number of hydrogen-bond donors (Lipinski definition) is 3. The Balaban J connectivity index is 1.90. The van der Waals surface area contributed by atoms with Crippen molar-refractivity contribution in [3.63, 3.8) is 0 Å². The molecule has 8 nitrogen and oxygen atoms in total. The number of fused-ring (bicyclic) bond motifs is 1. The van der Waals surface area contributed by atoms with Gasteiger partial charge in [-0.25, -0.2) is 9.69 Å². The van der Waals surface area contributed by atoms with Gasteiger partial charge in [-0.05, 0) is 0 Å². The van der Waals surface area contributed by atoms with Crippen molar-refractivity contribution in [2.75, 3.05) is 13.1 Å². The Bertz CT molecular complexity index is 863. The van der Waals surface area contributed by atoms with Gasteiger partial charge in [-0.1, -0.05) is 60.7 Å². The first-order chi connectivity index (χ1) is 13.5. The highest BCUT2D eigenvalue weighted by Gasteiger charge is 2.60. The first-order valence-electron chi connectivity index (χ1n) is 8.91. The molecule has 2 atom stereocenters. The van der Waals surface area contributed by atoms with E-state index in [2.05, 4.69) is 5.32 Å². The second kappa shape index (κ2) is 7.06. The van der Waals surface area contributed by atoms with E-state index < -0.39 is 35.8 Å². The van der Waals surface area contributed by atoms with Crippen LogP contribution in [0.25, 0.3) is 0 Å². The molecule has 2 saturated heterocycles. The maximum absolute atomic E-state index is 12.8. The van der Waals surface area contributed by atoms with Crippen LogP contribution in [0.15, 0.2) is 60.7 Å². The molecule has 0 bridgehead atoms. The number of ether oxygens (including phenoxy) is 1. The zero-order valence-electron chi connectivity index (χ0n) is 14.9. The summed E-state index contributed by atoms with van der Waals surface area (Å²) in [6.45, 7) is 0.491. The van der Waals surface area contributed by atoms with Gasteiger partial charge in [-0.3, -0.25) is 14.9 Å². The normalized spacial score (nSPS) is 23.5. The molecule has 2 aromatic rings. The maximum Gasteiger partial charge on any atom is 0.411 e. The van der Waals surface area contributed by atoms with Crippen LogP contribution in [0.1, 0.15) is 11.1 Å². The molecule has 2 aliphatic rings. The highest BCUT2D eigenvalue weighted by molar-refractivity contribution is 5.95. The third-order valence-electron chi connectivity index (χ3n) is 5.09. The zero-order chi connectivity index (χ0) is 19.7. The van der Waals surface area contributed by atoms with Gasteiger partial charge in [0.15, 0.2) is 0 Å². The number of rotatable bonds is 3. The van der Waals surface area contributed by atoms with E-state index in [4.69, 9.17) is 9.84 Å². The summed E-state index contributed by atoms with van der Waals surface area (Å²) in [4.78, 5) is 38.2. The largest absolute Gasteiger partial charge is 0.465 e. The fraction of sp³-hybridized carbons (Fsp3) is 0.250. The lowest BCUT2D eigenvalue weighted by atomic mass is 9.90. The van der Waals surface area contributed by atoms with Crippen LogP contribution in [0.3, 0.4) is 0 Å². The summed E-state index contributed by atoms with van der Waals surface area (Å²) in [5.41, 5.74) is 0.0477. The van der Waals surface area contributed by atoms with Gasteiger partial charge in [-0.15, -0.1) is 0 Å². The van der Waals surface area contributed by atoms with Gasteiger partial charge in [0.2, 0.25) is 11.6 Å². The van der Waals surface area contributed by atoms with Crippen LogP contribution in [-0.4, -0.2) is 53.1 Å². The number of piperazine rings is 1. The number of carbonyl (C=O) groups excluding carboxylic acids is 2. The quantitative estimate of drug-likeness (QED) is 0.678. The third kappa shape index (κ3) is 2.83. The topological polar surface area (TPSA) is 108 Å². The average Bonchev–Trinajstić information content (AvgIpc) is 3.03.